The second-order valence-corrected chi connectivity index (χ2v) is 8.71. The Labute approximate surface area is 184 Å². The summed E-state index contributed by atoms with van der Waals surface area (Å²) in [5.41, 5.74) is 6.36. The zero-order valence-corrected chi connectivity index (χ0v) is 19.1. The van der Waals surface area contributed by atoms with Crippen LogP contribution in [0.15, 0.2) is 46.8 Å². The van der Waals surface area contributed by atoms with E-state index in [0.29, 0.717) is 22.8 Å². The van der Waals surface area contributed by atoms with Gasteiger partial charge in [-0.3, -0.25) is 19.1 Å². The van der Waals surface area contributed by atoms with Gasteiger partial charge < -0.3 is 0 Å². The van der Waals surface area contributed by atoms with Gasteiger partial charge in [0.1, 0.15) is 0 Å². The fourth-order valence-corrected chi connectivity index (χ4v) is 4.87. The standard InChI is InChI=1S/C24H24N4O2S/c1-14-9-16(3)22(17(4)10-14)28(18(5)29)24-26-19(12-31-24)11-27-13-25-21-15(2)7-6-8-20(21)23(27)30/h6-10,12-13H,11H2,1-5H3. The first-order valence-corrected chi connectivity index (χ1v) is 10.9. The van der Waals surface area contributed by atoms with Gasteiger partial charge in [-0.05, 0) is 50.5 Å². The molecular formula is C24H24N4O2S. The Kier molecular flexibility index (Phi) is 5.45. The Balaban J connectivity index is 1.71. The molecule has 0 unspecified atom stereocenters. The second-order valence-electron chi connectivity index (χ2n) is 7.87. The molecule has 0 aliphatic carbocycles. The van der Waals surface area contributed by atoms with Crippen molar-refractivity contribution in [2.24, 2.45) is 0 Å². The number of aromatic nitrogens is 3. The third-order valence-electron chi connectivity index (χ3n) is 5.29. The molecule has 7 heteroatoms. The Morgan fingerprint density at radius 1 is 1.10 bits per heavy atom. The maximum Gasteiger partial charge on any atom is 0.261 e. The Bertz CT molecular complexity index is 1350. The number of aryl methyl sites for hydroxylation is 4. The van der Waals surface area contributed by atoms with Gasteiger partial charge in [-0.25, -0.2) is 9.97 Å². The third kappa shape index (κ3) is 3.88. The predicted octanol–water partition coefficient (Wildman–Crippen LogP) is 4.82. The minimum absolute atomic E-state index is 0.100. The number of amides is 1. The van der Waals surface area contributed by atoms with E-state index in [9.17, 15) is 9.59 Å². The predicted molar refractivity (Wildman–Crippen MR) is 125 cm³/mol. The van der Waals surface area contributed by atoms with Gasteiger partial charge in [0.2, 0.25) is 5.91 Å². The van der Waals surface area contributed by atoms with Crippen LogP contribution in [0.1, 0.15) is 34.9 Å². The highest BCUT2D eigenvalue weighted by Gasteiger charge is 2.22. The first kappa shape index (κ1) is 20.9. The van der Waals surface area contributed by atoms with Crippen LogP contribution in [-0.2, 0) is 11.3 Å². The number of rotatable bonds is 4. The van der Waals surface area contributed by atoms with E-state index in [1.54, 1.807) is 28.8 Å². The number of nitrogens with zero attached hydrogens (tertiary/aromatic N) is 4. The summed E-state index contributed by atoms with van der Waals surface area (Å²) in [5.74, 6) is -0.101. The molecule has 4 rings (SSSR count). The van der Waals surface area contributed by atoms with Crippen LogP contribution in [0.5, 0.6) is 0 Å². The number of hydrogen-bond donors (Lipinski definition) is 0. The van der Waals surface area contributed by atoms with Crippen molar-refractivity contribution in [1.82, 2.24) is 14.5 Å². The highest BCUT2D eigenvalue weighted by atomic mass is 32.1. The Morgan fingerprint density at radius 3 is 2.48 bits per heavy atom. The van der Waals surface area contributed by atoms with E-state index in [4.69, 9.17) is 0 Å². The molecule has 2 aromatic heterocycles. The van der Waals surface area contributed by atoms with Crippen LogP contribution in [0.4, 0.5) is 10.8 Å². The SMILES string of the molecule is CC(=O)N(c1nc(Cn2cnc3c(C)cccc3c2=O)cs1)c1c(C)cc(C)cc1C. The van der Waals surface area contributed by atoms with E-state index in [1.165, 1.54) is 11.3 Å². The zero-order valence-electron chi connectivity index (χ0n) is 18.3. The molecule has 2 aromatic carbocycles. The summed E-state index contributed by atoms with van der Waals surface area (Å²) in [6, 6.07) is 9.73. The summed E-state index contributed by atoms with van der Waals surface area (Å²) in [5, 5.41) is 3.07. The van der Waals surface area contributed by atoms with Crippen molar-refractivity contribution in [3.8, 4) is 0 Å². The first-order valence-electron chi connectivity index (χ1n) is 10.0. The summed E-state index contributed by atoms with van der Waals surface area (Å²) in [7, 11) is 0. The topological polar surface area (TPSA) is 68.1 Å². The van der Waals surface area contributed by atoms with Crippen LogP contribution in [0.3, 0.4) is 0 Å². The minimum atomic E-state index is -0.101. The van der Waals surface area contributed by atoms with Gasteiger partial charge in [-0.15, -0.1) is 11.3 Å². The van der Waals surface area contributed by atoms with Gasteiger partial charge >= 0.3 is 0 Å². The van der Waals surface area contributed by atoms with Gasteiger partial charge in [0.25, 0.3) is 5.56 Å². The number of thiazole rings is 1. The molecule has 0 radical (unpaired) electrons. The van der Waals surface area contributed by atoms with E-state index < -0.39 is 0 Å². The van der Waals surface area contributed by atoms with Crippen LogP contribution < -0.4 is 10.5 Å². The van der Waals surface area contributed by atoms with Gasteiger partial charge in [0.05, 0.1) is 35.2 Å². The molecule has 1 amide bonds. The average Bonchev–Trinajstić information content (AvgIpc) is 3.15. The molecule has 2 heterocycles. The molecule has 0 N–H and O–H groups in total. The van der Waals surface area contributed by atoms with Crippen molar-refractivity contribution < 1.29 is 4.79 Å². The van der Waals surface area contributed by atoms with Gasteiger partial charge in [0, 0.05) is 12.3 Å². The van der Waals surface area contributed by atoms with Gasteiger partial charge in [-0.1, -0.05) is 29.8 Å². The van der Waals surface area contributed by atoms with Crippen LogP contribution in [0.2, 0.25) is 0 Å². The maximum absolute atomic E-state index is 12.9. The molecule has 0 aliphatic heterocycles. The normalized spacial score (nSPS) is 11.1. The summed E-state index contributed by atoms with van der Waals surface area (Å²) >= 11 is 1.39. The molecule has 0 fully saturated rings. The number of carbonyl (C=O) groups is 1. The molecule has 0 aliphatic rings. The van der Waals surface area contributed by atoms with Crippen molar-refractivity contribution in [2.75, 3.05) is 4.90 Å². The number of anilines is 2. The summed E-state index contributed by atoms with van der Waals surface area (Å²) in [4.78, 5) is 36.3. The summed E-state index contributed by atoms with van der Waals surface area (Å²) < 4.78 is 1.56. The quantitative estimate of drug-likeness (QED) is 0.464. The number of carbonyl (C=O) groups excluding carboxylic acids is 1. The lowest BCUT2D eigenvalue weighted by Crippen LogP contribution is -2.25. The summed E-state index contributed by atoms with van der Waals surface area (Å²) in [6.45, 7) is 9.82. The van der Waals surface area contributed by atoms with Crippen molar-refractivity contribution in [3.05, 3.63) is 80.3 Å². The molecule has 31 heavy (non-hydrogen) atoms. The largest absolute Gasteiger partial charge is 0.293 e. The highest BCUT2D eigenvalue weighted by molar-refractivity contribution is 7.14. The van der Waals surface area contributed by atoms with Gasteiger partial charge in [-0.2, -0.15) is 0 Å². The molecule has 4 aromatic rings. The molecule has 6 nitrogen and oxygen atoms in total. The highest BCUT2D eigenvalue weighted by Crippen LogP contribution is 2.34. The molecule has 0 bridgehead atoms. The molecular weight excluding hydrogens is 408 g/mol. The smallest absolute Gasteiger partial charge is 0.261 e. The van der Waals surface area contributed by atoms with Crippen LogP contribution in [0.25, 0.3) is 10.9 Å². The number of hydrogen-bond acceptors (Lipinski definition) is 5. The van der Waals surface area contributed by atoms with E-state index >= 15 is 0 Å². The number of para-hydroxylation sites is 1. The van der Waals surface area contributed by atoms with E-state index in [0.717, 1.165) is 33.5 Å². The van der Waals surface area contributed by atoms with E-state index in [2.05, 4.69) is 22.1 Å². The van der Waals surface area contributed by atoms with E-state index in [1.807, 2.05) is 45.2 Å². The molecule has 158 valence electrons. The maximum atomic E-state index is 12.9. The van der Waals surface area contributed by atoms with E-state index in [-0.39, 0.29) is 11.5 Å². The lowest BCUT2D eigenvalue weighted by atomic mass is 10.0. The van der Waals surface area contributed by atoms with Crippen molar-refractivity contribution in [2.45, 2.75) is 41.2 Å². The zero-order chi connectivity index (χ0) is 22.3. The second kappa shape index (κ2) is 8.07. The van der Waals surface area contributed by atoms with Crippen LogP contribution in [0, 0.1) is 27.7 Å². The lowest BCUT2D eigenvalue weighted by molar-refractivity contribution is -0.115. The van der Waals surface area contributed by atoms with Crippen LogP contribution >= 0.6 is 11.3 Å². The number of fused-ring (bicyclic) bond motifs is 1. The summed E-state index contributed by atoms with van der Waals surface area (Å²) in [6.07, 6.45) is 1.56. The molecule has 0 atom stereocenters. The monoisotopic (exact) mass is 432 g/mol. The first-order chi connectivity index (χ1) is 14.8. The van der Waals surface area contributed by atoms with Crippen LogP contribution in [-0.4, -0.2) is 20.4 Å². The molecule has 0 saturated carbocycles. The Morgan fingerprint density at radius 2 is 1.81 bits per heavy atom. The van der Waals surface area contributed by atoms with Gasteiger partial charge in [0.15, 0.2) is 5.13 Å². The lowest BCUT2D eigenvalue weighted by Gasteiger charge is -2.23. The fraction of sp³-hybridized carbons (Fsp3) is 0.250. The third-order valence-corrected chi connectivity index (χ3v) is 6.17. The van der Waals surface area contributed by atoms with Crippen molar-refractivity contribution in [1.29, 1.82) is 0 Å². The minimum Gasteiger partial charge on any atom is -0.293 e. The van der Waals surface area contributed by atoms with Crippen molar-refractivity contribution >= 4 is 39.0 Å². The fourth-order valence-electron chi connectivity index (χ4n) is 4.01. The Hall–Kier alpha value is -3.32. The molecule has 0 saturated heterocycles. The average molecular weight is 433 g/mol. The molecule has 0 spiro atoms. The number of benzene rings is 2. The van der Waals surface area contributed by atoms with Crippen molar-refractivity contribution in [3.63, 3.8) is 0 Å².